The number of hydrazine groups is 1. The van der Waals surface area contributed by atoms with Crippen molar-refractivity contribution in [1.29, 1.82) is 0 Å². The van der Waals surface area contributed by atoms with E-state index in [-0.39, 0.29) is 29.8 Å². The maximum atomic E-state index is 13.1. The van der Waals surface area contributed by atoms with E-state index in [1.807, 2.05) is 38.3 Å². The van der Waals surface area contributed by atoms with Gasteiger partial charge in [-0.2, -0.15) is 2.86 Å². The summed E-state index contributed by atoms with van der Waals surface area (Å²) in [7, 11) is 4.04. The van der Waals surface area contributed by atoms with Crippen molar-refractivity contribution < 1.29 is 17.6 Å². The number of amides is 2. The minimum absolute atomic E-state index is 0.000317. The van der Waals surface area contributed by atoms with Gasteiger partial charge >= 0.3 is 0 Å². The van der Waals surface area contributed by atoms with Crippen LogP contribution < -0.4 is 5.32 Å². The van der Waals surface area contributed by atoms with E-state index in [2.05, 4.69) is 60.2 Å². The molecule has 1 aliphatic carbocycles. The maximum Gasteiger partial charge on any atom is 0.258 e. The lowest BCUT2D eigenvalue weighted by Gasteiger charge is -2.43. The van der Waals surface area contributed by atoms with Crippen LogP contribution in [0.5, 0.6) is 0 Å². The second-order valence-corrected chi connectivity index (χ2v) is 13.8. The second-order valence-electron chi connectivity index (χ2n) is 12.4. The van der Waals surface area contributed by atoms with Gasteiger partial charge in [0.2, 0.25) is 0 Å². The number of aliphatic imine (C=N–C) groups is 2. The van der Waals surface area contributed by atoms with Crippen LogP contribution in [0, 0.1) is 11.8 Å². The van der Waals surface area contributed by atoms with E-state index >= 15 is 0 Å². The first-order valence-electron chi connectivity index (χ1n) is 15.5. The highest BCUT2D eigenvalue weighted by atomic mass is 127. The zero-order valence-electron chi connectivity index (χ0n) is 26.7. The number of aliphatic hydroxyl groups is 1. The minimum atomic E-state index is -1.39. The number of rotatable bonds is 8. The van der Waals surface area contributed by atoms with E-state index in [1.54, 1.807) is 28.3 Å². The Hall–Kier alpha value is -3.61. The number of nitrogens with zero attached hydrogens (tertiary/aromatic N) is 4. The molecule has 10 heteroatoms. The van der Waals surface area contributed by atoms with Crippen molar-refractivity contribution in [3.8, 4) is 0 Å². The topological polar surface area (TPSA) is 97.6 Å². The molecule has 0 saturated heterocycles. The summed E-state index contributed by atoms with van der Waals surface area (Å²) in [6, 6.07) is 15.3. The van der Waals surface area contributed by atoms with E-state index in [9.17, 15) is 17.6 Å². The van der Waals surface area contributed by atoms with Crippen LogP contribution >= 0.6 is 21.3 Å². The van der Waals surface area contributed by atoms with Gasteiger partial charge in [-0.05, 0) is 71.9 Å². The van der Waals surface area contributed by atoms with E-state index < -0.39 is 26.9 Å². The molecule has 3 atom stereocenters. The van der Waals surface area contributed by atoms with Gasteiger partial charge in [0.15, 0.2) is 0 Å². The summed E-state index contributed by atoms with van der Waals surface area (Å²) < 4.78 is 14.9. The molecule has 3 heterocycles. The van der Waals surface area contributed by atoms with Crippen LogP contribution in [0.4, 0.5) is 2.86 Å². The van der Waals surface area contributed by atoms with Crippen LogP contribution in [0.15, 0.2) is 94.7 Å². The molecule has 2 N–H and O–H groups in total. The minimum Gasteiger partial charge on any atom is -0.390 e. The molecule has 242 valence electrons. The van der Waals surface area contributed by atoms with Crippen LogP contribution in [-0.4, -0.2) is 68.7 Å². The third-order valence-electron chi connectivity index (χ3n) is 8.69. The van der Waals surface area contributed by atoms with Gasteiger partial charge in [-0.25, -0.2) is 10.0 Å². The summed E-state index contributed by atoms with van der Waals surface area (Å²) in [6.45, 7) is 8.07. The fourth-order valence-electron chi connectivity index (χ4n) is 6.42. The number of carbonyl (C=O) groups excluding carboxylic acids is 2. The number of benzene rings is 2. The zero-order chi connectivity index (χ0) is 33.0. The van der Waals surface area contributed by atoms with E-state index in [0.29, 0.717) is 23.5 Å². The summed E-state index contributed by atoms with van der Waals surface area (Å²) in [5.74, 6) is 0.721. The lowest BCUT2D eigenvalue weighted by atomic mass is 9.69. The molecule has 46 heavy (non-hydrogen) atoms. The van der Waals surface area contributed by atoms with E-state index in [1.165, 1.54) is 5.56 Å². The Morgan fingerprint density at radius 3 is 2.35 bits per heavy atom. The van der Waals surface area contributed by atoms with Crippen molar-refractivity contribution in [3.63, 3.8) is 0 Å². The van der Waals surface area contributed by atoms with Crippen LogP contribution in [0.1, 0.15) is 77.3 Å². The largest absolute Gasteiger partial charge is 0.390 e. The summed E-state index contributed by atoms with van der Waals surface area (Å²) in [5.41, 5.74) is 4.72. The second kappa shape index (κ2) is 14.4. The molecular formula is C36H41FIN5O3. The summed E-state index contributed by atoms with van der Waals surface area (Å²) >= 11 is -1.39. The van der Waals surface area contributed by atoms with Crippen molar-refractivity contribution in [2.24, 2.45) is 21.8 Å². The van der Waals surface area contributed by atoms with Crippen LogP contribution in [0.3, 0.4) is 0 Å². The summed E-state index contributed by atoms with van der Waals surface area (Å²) in [4.78, 5) is 31.9. The molecule has 1 fully saturated rings. The highest BCUT2D eigenvalue weighted by Crippen LogP contribution is 2.44. The predicted molar refractivity (Wildman–Crippen MR) is 191 cm³/mol. The van der Waals surface area contributed by atoms with Gasteiger partial charge in [-0.1, -0.05) is 55.5 Å². The third kappa shape index (κ3) is 7.19. The predicted octanol–water partition coefficient (Wildman–Crippen LogP) is 6.52. The molecule has 0 radical (unpaired) electrons. The monoisotopic (exact) mass is 737 g/mol. The number of dihydropyridines is 1. The van der Waals surface area contributed by atoms with Gasteiger partial charge in [0.25, 0.3) is 11.8 Å². The molecule has 2 amide bonds. The standard InChI is InChI=1S/C28H36FIN4O.C8H5NO2/c1-6-8-25-31-18-22-15-24(19(7-2)13-14-30-29)26(32-27(22)34(25)33(4)5)21-11-9-20(10-12-21)23-16-28(3,35)17-23;10-7-5-3-1-2-4-6(5)8(11)9-7/h7-12,14-15,18-19,22-23,27,35H,2,6,13,16-17H2,1,3-5H3;1-4H,(H,9,10,11)/b25-8-;. The molecule has 1 saturated carbocycles. The third-order valence-corrected chi connectivity index (χ3v) is 9.53. The smallest absolute Gasteiger partial charge is 0.258 e. The molecule has 0 bridgehead atoms. The molecular weight excluding hydrogens is 696 g/mol. The molecule has 6 rings (SSSR count). The first-order chi connectivity index (χ1) is 22.1. The SMILES string of the molecule is C=CC(CC=IF)C1=CC2C=N/C(=C/CC)N(N(C)C)C2N=C1c1ccc(C2CC(C)(O)C2)cc1.O=C1NC(=O)c2ccccc21. The lowest BCUT2D eigenvalue weighted by molar-refractivity contribution is -0.0313. The molecule has 3 unspecified atom stereocenters. The molecule has 3 aliphatic heterocycles. The Morgan fingerprint density at radius 1 is 1.15 bits per heavy atom. The quantitative estimate of drug-likeness (QED) is 0.183. The lowest BCUT2D eigenvalue weighted by Crippen LogP contribution is -2.50. The van der Waals surface area contributed by atoms with Gasteiger partial charge < -0.3 is 5.11 Å². The fourth-order valence-corrected chi connectivity index (χ4v) is 7.16. The number of allylic oxidation sites excluding steroid dienone is 3. The molecule has 2 aromatic carbocycles. The van der Waals surface area contributed by atoms with Crippen molar-refractivity contribution in [3.05, 3.63) is 107 Å². The number of hydrogen-bond donors (Lipinski definition) is 2. The Bertz CT molecular complexity index is 1600. The first kappa shape index (κ1) is 33.7. The summed E-state index contributed by atoms with van der Waals surface area (Å²) in [6.07, 6.45) is 11.3. The Labute approximate surface area is 281 Å². The normalized spacial score (nSPS) is 26.6. The Morgan fingerprint density at radius 2 is 1.80 bits per heavy atom. The summed E-state index contributed by atoms with van der Waals surface area (Å²) in [5, 5.41) is 16.5. The van der Waals surface area contributed by atoms with Gasteiger partial charge in [-0.3, -0.25) is 24.9 Å². The van der Waals surface area contributed by atoms with Gasteiger partial charge in [0, 0.05) is 31.8 Å². The van der Waals surface area contributed by atoms with Gasteiger partial charge in [-0.15, -0.1) is 6.58 Å². The highest BCUT2D eigenvalue weighted by molar-refractivity contribution is 14.2. The van der Waals surface area contributed by atoms with Crippen molar-refractivity contribution in [1.82, 2.24) is 15.3 Å². The number of imide groups is 1. The number of nitrogens with one attached hydrogen (secondary N) is 1. The molecule has 0 aromatic heterocycles. The number of hydrogen-bond acceptors (Lipinski definition) is 7. The van der Waals surface area contributed by atoms with Crippen molar-refractivity contribution >= 4 is 49.1 Å². The molecule has 4 aliphatic rings. The number of carbonyl (C=O) groups is 2. The maximum absolute atomic E-state index is 13.1. The van der Waals surface area contributed by atoms with Gasteiger partial charge in [0.1, 0.15) is 12.0 Å². The number of halogens is 2. The van der Waals surface area contributed by atoms with E-state index in [4.69, 9.17) is 9.98 Å². The first-order valence-corrected chi connectivity index (χ1v) is 17.6. The van der Waals surface area contributed by atoms with Crippen molar-refractivity contribution in [2.75, 3.05) is 14.1 Å². The Kier molecular flexibility index (Phi) is 10.6. The van der Waals surface area contributed by atoms with Crippen LogP contribution in [-0.2, 0) is 0 Å². The van der Waals surface area contributed by atoms with Crippen LogP contribution in [0.2, 0.25) is 0 Å². The zero-order valence-corrected chi connectivity index (χ0v) is 28.8. The molecule has 8 nitrogen and oxygen atoms in total. The highest BCUT2D eigenvalue weighted by Gasteiger charge is 2.40. The van der Waals surface area contributed by atoms with Crippen LogP contribution in [0.25, 0.3) is 0 Å². The average molecular weight is 738 g/mol. The fraction of sp³-hybridized carbons (Fsp3) is 0.361. The number of fused-ring (bicyclic) bond motifs is 2. The van der Waals surface area contributed by atoms with Crippen molar-refractivity contribution in [2.45, 2.75) is 57.2 Å². The van der Waals surface area contributed by atoms with Gasteiger partial charge in [0.05, 0.1) is 49.7 Å². The molecule has 2 aromatic rings. The average Bonchev–Trinajstić information content (AvgIpc) is 3.33. The Balaban J connectivity index is 0.000000316. The van der Waals surface area contributed by atoms with E-state index in [0.717, 1.165) is 41.9 Å². The molecule has 0 spiro atoms.